The van der Waals surface area contributed by atoms with Crippen LogP contribution >= 0.6 is 0 Å². The molecule has 0 amide bonds. The van der Waals surface area contributed by atoms with Crippen LogP contribution in [0.2, 0.25) is 0 Å². The lowest BCUT2D eigenvalue weighted by Crippen LogP contribution is -1.69. The Kier molecular flexibility index (Phi) is 8.34. The second-order valence-corrected chi connectivity index (χ2v) is 2.96. The van der Waals surface area contributed by atoms with Gasteiger partial charge in [-0.25, -0.2) is 4.89 Å². The fourth-order valence-electron chi connectivity index (χ4n) is 0.888. The number of rotatable bonds is 2. The van der Waals surface area contributed by atoms with E-state index in [1.54, 1.807) is 0 Å². The molecule has 15 heavy (non-hydrogen) atoms. The molecule has 0 atom stereocenters. The van der Waals surface area contributed by atoms with E-state index in [-0.39, 0.29) is 0 Å². The average molecular weight is 206 g/mol. The quantitative estimate of drug-likeness (QED) is 0.453. The van der Waals surface area contributed by atoms with Gasteiger partial charge in [0.25, 0.3) is 0 Å². The Balaban J connectivity index is 0.000000583. The maximum Gasteiger partial charge on any atom is 0.0710 e. The Labute approximate surface area is 91.4 Å². The maximum absolute atomic E-state index is 7.07. The summed E-state index contributed by atoms with van der Waals surface area (Å²) in [6, 6.07) is 10.3. The predicted molar refractivity (Wildman–Crippen MR) is 64.5 cm³/mol. The molecule has 1 N–H and O–H groups in total. The van der Waals surface area contributed by atoms with Crippen LogP contribution in [0.1, 0.15) is 19.4 Å². The van der Waals surface area contributed by atoms with E-state index in [2.05, 4.69) is 42.2 Å². The number of hydrogen-bond donors (Lipinski definition) is 1. The lowest BCUT2D eigenvalue weighted by atomic mass is 10.2. The van der Waals surface area contributed by atoms with Crippen molar-refractivity contribution in [3.8, 4) is 0 Å². The van der Waals surface area contributed by atoms with Crippen LogP contribution in [-0.4, -0.2) is 12.4 Å². The van der Waals surface area contributed by atoms with Crippen molar-refractivity contribution in [2.75, 3.05) is 7.11 Å². The fourth-order valence-corrected chi connectivity index (χ4v) is 0.888. The van der Waals surface area contributed by atoms with E-state index < -0.39 is 0 Å². The number of allylic oxidation sites excluding steroid dienone is 3. The van der Waals surface area contributed by atoms with Crippen LogP contribution in [0.25, 0.3) is 6.08 Å². The molecule has 0 saturated carbocycles. The Bertz CT molecular complexity index is 300. The molecule has 2 nitrogen and oxygen atoms in total. The topological polar surface area (TPSA) is 29.5 Å². The first-order valence-electron chi connectivity index (χ1n) is 4.78. The molecule has 0 heterocycles. The van der Waals surface area contributed by atoms with Crippen LogP contribution in [0.15, 0.2) is 48.1 Å². The van der Waals surface area contributed by atoms with Gasteiger partial charge in [-0.2, -0.15) is 0 Å². The highest BCUT2D eigenvalue weighted by molar-refractivity contribution is 5.52. The van der Waals surface area contributed by atoms with Crippen LogP contribution in [0.4, 0.5) is 0 Å². The zero-order valence-corrected chi connectivity index (χ0v) is 9.47. The molecule has 0 aromatic heterocycles. The summed E-state index contributed by atoms with van der Waals surface area (Å²) >= 11 is 0. The van der Waals surface area contributed by atoms with Crippen molar-refractivity contribution >= 4 is 6.08 Å². The molecule has 0 fully saturated rings. The molecule has 0 spiro atoms. The first-order valence-corrected chi connectivity index (χ1v) is 4.78. The summed E-state index contributed by atoms with van der Waals surface area (Å²) in [5.41, 5.74) is 2.54. The minimum atomic E-state index is 1.18. The molecule has 0 unspecified atom stereocenters. The summed E-state index contributed by atoms with van der Waals surface area (Å²) in [4.78, 5) is 3.25. The SMILES string of the molecule is C/C=C(C)\C=C\c1ccccc1.COO. The molecular formula is C13H18O2. The molecule has 0 aliphatic carbocycles. The Hall–Kier alpha value is -1.38. The number of hydrogen-bond acceptors (Lipinski definition) is 2. The highest BCUT2D eigenvalue weighted by Gasteiger charge is 1.82. The lowest BCUT2D eigenvalue weighted by Gasteiger charge is -1.91. The second kappa shape index (κ2) is 9.19. The summed E-state index contributed by atoms with van der Waals surface area (Å²) in [5.74, 6) is 0. The van der Waals surface area contributed by atoms with Crippen LogP contribution in [0.3, 0.4) is 0 Å². The van der Waals surface area contributed by atoms with E-state index in [9.17, 15) is 0 Å². The number of benzene rings is 1. The van der Waals surface area contributed by atoms with Gasteiger partial charge in [0.1, 0.15) is 0 Å². The van der Waals surface area contributed by atoms with E-state index >= 15 is 0 Å². The van der Waals surface area contributed by atoms with Gasteiger partial charge in [0.2, 0.25) is 0 Å². The Morgan fingerprint density at radius 3 is 2.27 bits per heavy atom. The van der Waals surface area contributed by atoms with Gasteiger partial charge in [-0.05, 0) is 19.4 Å². The normalized spacial score (nSPS) is 11.1. The van der Waals surface area contributed by atoms with Crippen molar-refractivity contribution < 1.29 is 10.1 Å². The van der Waals surface area contributed by atoms with Crippen LogP contribution < -0.4 is 0 Å². The maximum atomic E-state index is 7.07. The van der Waals surface area contributed by atoms with Crippen molar-refractivity contribution in [2.24, 2.45) is 0 Å². The monoisotopic (exact) mass is 206 g/mol. The first kappa shape index (κ1) is 13.6. The van der Waals surface area contributed by atoms with Gasteiger partial charge in [-0.3, -0.25) is 5.26 Å². The molecule has 0 radical (unpaired) electrons. The average Bonchev–Trinajstić information content (AvgIpc) is 2.28. The summed E-state index contributed by atoms with van der Waals surface area (Å²) in [6.07, 6.45) is 6.34. The minimum Gasteiger partial charge on any atom is -0.252 e. The van der Waals surface area contributed by atoms with Gasteiger partial charge in [0.05, 0.1) is 7.11 Å². The van der Waals surface area contributed by atoms with E-state index in [1.807, 2.05) is 25.1 Å². The van der Waals surface area contributed by atoms with Gasteiger partial charge < -0.3 is 0 Å². The third kappa shape index (κ3) is 7.67. The third-order valence-electron chi connectivity index (χ3n) is 1.79. The van der Waals surface area contributed by atoms with Crippen molar-refractivity contribution in [1.29, 1.82) is 0 Å². The highest BCUT2D eigenvalue weighted by atomic mass is 17.1. The molecule has 1 rings (SSSR count). The van der Waals surface area contributed by atoms with Crippen LogP contribution in [-0.2, 0) is 4.89 Å². The molecule has 2 heteroatoms. The second-order valence-electron chi connectivity index (χ2n) is 2.96. The molecular weight excluding hydrogens is 188 g/mol. The van der Waals surface area contributed by atoms with Gasteiger partial charge in [-0.15, -0.1) is 0 Å². The molecule has 1 aromatic carbocycles. The summed E-state index contributed by atoms with van der Waals surface area (Å²) in [7, 11) is 1.18. The van der Waals surface area contributed by atoms with Gasteiger partial charge >= 0.3 is 0 Å². The van der Waals surface area contributed by atoms with E-state index in [4.69, 9.17) is 5.26 Å². The largest absolute Gasteiger partial charge is 0.252 e. The van der Waals surface area contributed by atoms with E-state index in [1.165, 1.54) is 18.2 Å². The first-order chi connectivity index (χ1) is 7.24. The van der Waals surface area contributed by atoms with Crippen LogP contribution in [0.5, 0.6) is 0 Å². The molecule has 0 aliphatic heterocycles. The molecule has 1 aromatic rings. The van der Waals surface area contributed by atoms with Crippen LogP contribution in [0, 0.1) is 0 Å². The summed E-state index contributed by atoms with van der Waals surface area (Å²) in [6.45, 7) is 4.14. The predicted octanol–water partition coefficient (Wildman–Crippen LogP) is 3.77. The van der Waals surface area contributed by atoms with Gasteiger partial charge in [0.15, 0.2) is 0 Å². The Morgan fingerprint density at radius 2 is 1.80 bits per heavy atom. The van der Waals surface area contributed by atoms with Gasteiger partial charge in [0, 0.05) is 0 Å². The Morgan fingerprint density at radius 1 is 1.27 bits per heavy atom. The van der Waals surface area contributed by atoms with Crippen molar-refractivity contribution in [3.05, 3.63) is 53.6 Å². The van der Waals surface area contributed by atoms with Gasteiger partial charge in [-0.1, -0.05) is 54.1 Å². The standard InChI is InChI=1S/C12H14.CH4O2/c1-3-11(2)9-10-12-7-5-4-6-8-12;1-3-2/h3-10H,1-2H3;2H,1H3/b10-9+,11-3-;. The van der Waals surface area contributed by atoms with E-state index in [0.29, 0.717) is 0 Å². The van der Waals surface area contributed by atoms with Crippen molar-refractivity contribution in [1.82, 2.24) is 0 Å². The van der Waals surface area contributed by atoms with Crippen molar-refractivity contribution in [3.63, 3.8) is 0 Å². The van der Waals surface area contributed by atoms with Crippen molar-refractivity contribution in [2.45, 2.75) is 13.8 Å². The molecule has 0 saturated heterocycles. The molecule has 82 valence electrons. The minimum absolute atomic E-state index is 1.18. The summed E-state index contributed by atoms with van der Waals surface area (Å²) < 4.78 is 0. The lowest BCUT2D eigenvalue weighted by molar-refractivity contribution is -0.214. The molecule has 0 aliphatic rings. The van der Waals surface area contributed by atoms with E-state index in [0.717, 1.165) is 0 Å². The highest BCUT2D eigenvalue weighted by Crippen LogP contribution is 2.03. The zero-order chi connectivity index (χ0) is 11.5. The smallest absolute Gasteiger partial charge is 0.0710 e. The molecule has 0 bridgehead atoms. The zero-order valence-electron chi connectivity index (χ0n) is 9.47. The third-order valence-corrected chi connectivity index (χ3v) is 1.79. The fraction of sp³-hybridized carbons (Fsp3) is 0.231. The summed E-state index contributed by atoms with van der Waals surface area (Å²) in [5, 5.41) is 7.07.